The van der Waals surface area contributed by atoms with Crippen LogP contribution in [0, 0.1) is 0 Å². The zero-order chi connectivity index (χ0) is 15.9. The van der Waals surface area contributed by atoms with Crippen molar-refractivity contribution in [2.24, 2.45) is 0 Å². The molecular formula is C16H23NO4. The SMILES string of the molecule is CCCC(C)(NC(=O)c1ccc(COC)cc1)C(=O)OC. The topological polar surface area (TPSA) is 64.6 Å². The number of benzene rings is 1. The largest absolute Gasteiger partial charge is 0.467 e. The van der Waals surface area contributed by atoms with Crippen LogP contribution in [0.3, 0.4) is 0 Å². The fourth-order valence-corrected chi connectivity index (χ4v) is 2.18. The Morgan fingerprint density at radius 2 is 1.81 bits per heavy atom. The summed E-state index contributed by atoms with van der Waals surface area (Å²) in [4.78, 5) is 24.2. The van der Waals surface area contributed by atoms with Crippen molar-refractivity contribution in [1.29, 1.82) is 0 Å². The Balaban J connectivity index is 2.84. The van der Waals surface area contributed by atoms with E-state index in [0.717, 1.165) is 12.0 Å². The molecule has 0 fully saturated rings. The number of nitrogens with one attached hydrogen (secondary N) is 1. The predicted molar refractivity (Wildman–Crippen MR) is 80.0 cm³/mol. The number of carbonyl (C=O) groups is 2. The number of ether oxygens (including phenoxy) is 2. The minimum Gasteiger partial charge on any atom is -0.467 e. The Kier molecular flexibility index (Phi) is 6.37. The fraction of sp³-hybridized carbons (Fsp3) is 0.500. The van der Waals surface area contributed by atoms with Gasteiger partial charge < -0.3 is 14.8 Å². The van der Waals surface area contributed by atoms with Gasteiger partial charge in [-0.15, -0.1) is 0 Å². The van der Waals surface area contributed by atoms with Gasteiger partial charge in [0.2, 0.25) is 0 Å². The van der Waals surface area contributed by atoms with Crippen LogP contribution in [0.25, 0.3) is 0 Å². The molecule has 1 unspecified atom stereocenters. The second-order valence-corrected chi connectivity index (χ2v) is 5.16. The van der Waals surface area contributed by atoms with E-state index in [-0.39, 0.29) is 5.91 Å². The molecule has 1 atom stereocenters. The van der Waals surface area contributed by atoms with Crippen LogP contribution < -0.4 is 5.32 Å². The number of esters is 1. The Morgan fingerprint density at radius 3 is 2.29 bits per heavy atom. The van der Waals surface area contributed by atoms with Gasteiger partial charge in [0.25, 0.3) is 5.91 Å². The third-order valence-corrected chi connectivity index (χ3v) is 3.30. The smallest absolute Gasteiger partial charge is 0.331 e. The van der Waals surface area contributed by atoms with Gasteiger partial charge in [0.05, 0.1) is 13.7 Å². The molecule has 0 radical (unpaired) electrons. The summed E-state index contributed by atoms with van der Waals surface area (Å²) >= 11 is 0. The molecular weight excluding hydrogens is 270 g/mol. The molecule has 0 aliphatic carbocycles. The molecule has 0 aromatic heterocycles. The molecule has 116 valence electrons. The first kappa shape index (κ1) is 17.2. The minimum absolute atomic E-state index is 0.291. The van der Waals surface area contributed by atoms with Crippen LogP contribution in [0.5, 0.6) is 0 Å². The average molecular weight is 293 g/mol. The van der Waals surface area contributed by atoms with Crippen LogP contribution in [-0.2, 0) is 20.9 Å². The summed E-state index contributed by atoms with van der Waals surface area (Å²) in [5.74, 6) is -0.728. The Morgan fingerprint density at radius 1 is 1.19 bits per heavy atom. The molecule has 5 nitrogen and oxygen atoms in total. The van der Waals surface area contributed by atoms with Crippen molar-refractivity contribution >= 4 is 11.9 Å². The standard InChI is InChI=1S/C16H23NO4/c1-5-10-16(2,15(19)21-4)17-14(18)13-8-6-12(7-9-13)11-20-3/h6-9H,5,10-11H2,1-4H3,(H,17,18). The van der Waals surface area contributed by atoms with Crippen molar-refractivity contribution in [2.75, 3.05) is 14.2 Å². The third kappa shape index (κ3) is 4.56. The highest BCUT2D eigenvalue weighted by atomic mass is 16.5. The van der Waals surface area contributed by atoms with Gasteiger partial charge >= 0.3 is 5.97 Å². The molecule has 0 aliphatic heterocycles. The molecule has 0 spiro atoms. The van der Waals surface area contributed by atoms with Crippen LogP contribution >= 0.6 is 0 Å². The van der Waals surface area contributed by atoms with Crippen molar-refractivity contribution in [3.05, 3.63) is 35.4 Å². The maximum Gasteiger partial charge on any atom is 0.331 e. The van der Waals surface area contributed by atoms with E-state index in [4.69, 9.17) is 9.47 Å². The summed E-state index contributed by atoms with van der Waals surface area (Å²) in [5.41, 5.74) is 0.477. The molecule has 1 aromatic rings. The lowest BCUT2D eigenvalue weighted by Crippen LogP contribution is -2.52. The van der Waals surface area contributed by atoms with E-state index in [1.807, 2.05) is 19.1 Å². The highest BCUT2D eigenvalue weighted by molar-refractivity contribution is 5.98. The van der Waals surface area contributed by atoms with E-state index in [2.05, 4.69) is 5.32 Å². The molecule has 0 saturated carbocycles. The zero-order valence-corrected chi connectivity index (χ0v) is 13.1. The van der Waals surface area contributed by atoms with Crippen molar-refractivity contribution in [3.8, 4) is 0 Å². The lowest BCUT2D eigenvalue weighted by atomic mass is 9.95. The third-order valence-electron chi connectivity index (χ3n) is 3.30. The number of rotatable bonds is 7. The van der Waals surface area contributed by atoms with Crippen LogP contribution in [0.2, 0.25) is 0 Å². The first-order valence-corrected chi connectivity index (χ1v) is 6.95. The highest BCUT2D eigenvalue weighted by Crippen LogP contribution is 2.16. The summed E-state index contributed by atoms with van der Waals surface area (Å²) in [5, 5.41) is 2.77. The maximum atomic E-state index is 12.3. The molecule has 0 aliphatic rings. The Hall–Kier alpha value is -1.88. The van der Waals surface area contributed by atoms with E-state index in [1.54, 1.807) is 26.2 Å². The minimum atomic E-state index is -1.01. The van der Waals surface area contributed by atoms with E-state index >= 15 is 0 Å². The van der Waals surface area contributed by atoms with Crippen molar-refractivity contribution in [2.45, 2.75) is 38.8 Å². The van der Waals surface area contributed by atoms with Gasteiger partial charge in [0, 0.05) is 12.7 Å². The number of amides is 1. The molecule has 1 N–H and O–H groups in total. The summed E-state index contributed by atoms with van der Waals surface area (Å²) in [6.07, 6.45) is 1.28. The van der Waals surface area contributed by atoms with Gasteiger partial charge in [-0.3, -0.25) is 4.79 Å². The van der Waals surface area contributed by atoms with E-state index in [9.17, 15) is 9.59 Å². The van der Waals surface area contributed by atoms with E-state index in [0.29, 0.717) is 18.6 Å². The first-order valence-electron chi connectivity index (χ1n) is 6.95. The van der Waals surface area contributed by atoms with Gasteiger partial charge in [-0.25, -0.2) is 4.79 Å². The molecule has 5 heteroatoms. The molecule has 0 saturated heterocycles. The average Bonchev–Trinajstić information content (AvgIpc) is 2.47. The molecule has 1 amide bonds. The molecule has 1 aromatic carbocycles. The lowest BCUT2D eigenvalue weighted by Gasteiger charge is -2.27. The molecule has 21 heavy (non-hydrogen) atoms. The van der Waals surface area contributed by atoms with Crippen LogP contribution in [0.15, 0.2) is 24.3 Å². The van der Waals surface area contributed by atoms with Gasteiger partial charge in [-0.05, 0) is 31.0 Å². The Bertz CT molecular complexity index is 484. The summed E-state index contributed by atoms with van der Waals surface area (Å²) in [6.45, 7) is 4.13. The van der Waals surface area contributed by atoms with Gasteiger partial charge in [0.15, 0.2) is 0 Å². The van der Waals surface area contributed by atoms with Crippen LogP contribution in [0.4, 0.5) is 0 Å². The molecule has 0 bridgehead atoms. The van der Waals surface area contributed by atoms with Crippen LogP contribution in [-0.4, -0.2) is 31.6 Å². The van der Waals surface area contributed by atoms with Gasteiger partial charge in [-0.2, -0.15) is 0 Å². The summed E-state index contributed by atoms with van der Waals surface area (Å²) in [7, 11) is 2.94. The Labute approximate surface area is 125 Å². The predicted octanol–water partition coefficient (Wildman–Crippen LogP) is 2.29. The summed E-state index contributed by atoms with van der Waals surface area (Å²) < 4.78 is 9.81. The summed E-state index contributed by atoms with van der Waals surface area (Å²) in [6, 6.07) is 7.09. The van der Waals surface area contributed by atoms with E-state index in [1.165, 1.54) is 7.11 Å². The van der Waals surface area contributed by atoms with Crippen molar-refractivity contribution in [3.63, 3.8) is 0 Å². The molecule has 1 rings (SSSR count). The fourth-order valence-electron chi connectivity index (χ4n) is 2.18. The second-order valence-electron chi connectivity index (χ2n) is 5.16. The van der Waals surface area contributed by atoms with E-state index < -0.39 is 11.5 Å². The lowest BCUT2D eigenvalue weighted by molar-refractivity contribution is -0.147. The highest BCUT2D eigenvalue weighted by Gasteiger charge is 2.35. The zero-order valence-electron chi connectivity index (χ0n) is 13.1. The quantitative estimate of drug-likeness (QED) is 0.783. The normalized spacial score (nSPS) is 13.3. The van der Waals surface area contributed by atoms with Gasteiger partial charge in [0.1, 0.15) is 5.54 Å². The van der Waals surface area contributed by atoms with Gasteiger partial charge in [-0.1, -0.05) is 25.5 Å². The number of hydrogen-bond acceptors (Lipinski definition) is 4. The number of methoxy groups -OCH3 is 2. The first-order chi connectivity index (χ1) is 9.96. The number of carbonyl (C=O) groups excluding carboxylic acids is 2. The van der Waals surface area contributed by atoms with Crippen LogP contribution in [0.1, 0.15) is 42.6 Å². The second kappa shape index (κ2) is 7.78. The van der Waals surface area contributed by atoms with Crippen molar-refractivity contribution in [1.82, 2.24) is 5.32 Å². The maximum absolute atomic E-state index is 12.3. The van der Waals surface area contributed by atoms with Crippen molar-refractivity contribution < 1.29 is 19.1 Å². The monoisotopic (exact) mass is 293 g/mol. The number of hydrogen-bond donors (Lipinski definition) is 1. The molecule has 0 heterocycles.